The molecule has 7 heteroatoms. The van der Waals surface area contributed by atoms with Gasteiger partial charge in [-0.3, -0.25) is 0 Å². The number of hydrogen-bond donors (Lipinski definition) is 1. The number of para-hydroxylation sites is 1. The van der Waals surface area contributed by atoms with Crippen molar-refractivity contribution >= 4 is 32.8 Å². The van der Waals surface area contributed by atoms with E-state index < -0.39 is 10.3 Å². The highest BCUT2D eigenvalue weighted by Gasteiger charge is 2.11. The Morgan fingerprint density at radius 3 is 2.69 bits per heavy atom. The Bertz CT molecular complexity index is 642. The summed E-state index contributed by atoms with van der Waals surface area (Å²) in [6, 6.07) is 8.57. The molecule has 2 N–H and O–H groups in total. The van der Waals surface area contributed by atoms with Crippen LogP contribution in [0.5, 0.6) is 5.75 Å². The molecule has 2 rings (SSSR count). The molecule has 0 aliphatic carbocycles. The Kier molecular flexibility index (Phi) is 2.71. The van der Waals surface area contributed by atoms with Crippen LogP contribution in [0.1, 0.15) is 0 Å². The van der Waals surface area contributed by atoms with Crippen LogP contribution in [-0.2, 0) is 10.3 Å². The van der Waals surface area contributed by atoms with E-state index in [0.29, 0.717) is 10.9 Å². The van der Waals surface area contributed by atoms with Crippen LogP contribution in [0.2, 0.25) is 5.15 Å². The molecule has 84 valence electrons. The molecule has 0 spiro atoms. The maximum atomic E-state index is 10.8. The number of pyridine rings is 1. The monoisotopic (exact) mass is 258 g/mol. The van der Waals surface area contributed by atoms with Crippen LogP contribution in [-0.4, -0.2) is 13.4 Å². The average molecular weight is 259 g/mol. The summed E-state index contributed by atoms with van der Waals surface area (Å²) in [4.78, 5) is 3.98. The number of halogens is 1. The van der Waals surface area contributed by atoms with Gasteiger partial charge in [-0.05, 0) is 12.1 Å². The first-order chi connectivity index (χ1) is 7.46. The molecule has 0 amide bonds. The van der Waals surface area contributed by atoms with Crippen molar-refractivity contribution in [3.63, 3.8) is 0 Å². The fraction of sp³-hybridized carbons (Fsp3) is 0. The first kappa shape index (κ1) is 11.1. The second-order valence-electron chi connectivity index (χ2n) is 3.05. The van der Waals surface area contributed by atoms with E-state index in [-0.39, 0.29) is 10.9 Å². The third-order valence-electron chi connectivity index (χ3n) is 1.85. The van der Waals surface area contributed by atoms with Gasteiger partial charge in [0, 0.05) is 5.39 Å². The summed E-state index contributed by atoms with van der Waals surface area (Å²) >= 11 is 5.75. The van der Waals surface area contributed by atoms with Crippen molar-refractivity contribution in [2.75, 3.05) is 0 Å². The minimum atomic E-state index is -4.09. The zero-order valence-electron chi connectivity index (χ0n) is 7.92. The standard InChI is InChI=1S/C9H7ClN2O3S/c10-9-8(15-16(11,13)14)5-6-3-1-2-4-7(6)12-9/h1-5H,(H2,11,13,14). The Morgan fingerprint density at radius 2 is 2.00 bits per heavy atom. The molecule has 0 unspecified atom stereocenters. The molecule has 1 aromatic carbocycles. The van der Waals surface area contributed by atoms with Gasteiger partial charge in [-0.15, -0.1) is 0 Å². The van der Waals surface area contributed by atoms with Crippen molar-refractivity contribution in [3.8, 4) is 5.75 Å². The number of benzene rings is 1. The van der Waals surface area contributed by atoms with Gasteiger partial charge in [0.25, 0.3) is 0 Å². The molecule has 0 bridgehead atoms. The van der Waals surface area contributed by atoms with Crippen LogP contribution in [0.3, 0.4) is 0 Å². The molecule has 0 aliphatic rings. The molecule has 0 aliphatic heterocycles. The van der Waals surface area contributed by atoms with Crippen molar-refractivity contribution in [2.45, 2.75) is 0 Å². The van der Waals surface area contributed by atoms with Gasteiger partial charge < -0.3 is 4.18 Å². The second kappa shape index (κ2) is 3.89. The van der Waals surface area contributed by atoms with Crippen molar-refractivity contribution in [3.05, 3.63) is 35.5 Å². The van der Waals surface area contributed by atoms with Gasteiger partial charge in [-0.1, -0.05) is 29.8 Å². The number of rotatable bonds is 2. The van der Waals surface area contributed by atoms with Gasteiger partial charge in [0.05, 0.1) is 5.52 Å². The molecule has 1 heterocycles. The fourth-order valence-corrected chi connectivity index (χ4v) is 1.86. The van der Waals surface area contributed by atoms with Crippen LogP contribution in [0.15, 0.2) is 30.3 Å². The van der Waals surface area contributed by atoms with Crippen LogP contribution in [0.25, 0.3) is 10.9 Å². The van der Waals surface area contributed by atoms with Crippen LogP contribution in [0, 0.1) is 0 Å². The Hall–Kier alpha value is -1.37. The van der Waals surface area contributed by atoms with Crippen molar-refractivity contribution in [2.24, 2.45) is 5.14 Å². The third-order valence-corrected chi connectivity index (χ3v) is 2.53. The quantitative estimate of drug-likeness (QED) is 0.827. The van der Waals surface area contributed by atoms with E-state index in [0.717, 1.165) is 0 Å². The van der Waals surface area contributed by atoms with Crippen LogP contribution < -0.4 is 9.32 Å². The summed E-state index contributed by atoms with van der Waals surface area (Å²) in [5, 5.41) is 5.41. The summed E-state index contributed by atoms with van der Waals surface area (Å²) < 4.78 is 26.0. The Balaban J connectivity index is 2.58. The van der Waals surface area contributed by atoms with Gasteiger partial charge in [0.2, 0.25) is 0 Å². The summed E-state index contributed by atoms with van der Waals surface area (Å²) in [5.74, 6) is -0.0807. The van der Waals surface area contributed by atoms with E-state index in [1.807, 2.05) is 0 Å². The van der Waals surface area contributed by atoms with Gasteiger partial charge in [0.15, 0.2) is 10.9 Å². The lowest BCUT2D eigenvalue weighted by Gasteiger charge is -2.05. The number of nitrogens with two attached hydrogens (primary N) is 1. The zero-order chi connectivity index (χ0) is 11.8. The smallest absolute Gasteiger partial charge is 0.368 e. The molecule has 0 radical (unpaired) electrons. The maximum Gasteiger partial charge on any atom is 0.380 e. The van der Waals surface area contributed by atoms with Gasteiger partial charge in [-0.2, -0.15) is 13.6 Å². The SMILES string of the molecule is NS(=O)(=O)Oc1cc2ccccc2nc1Cl. The Labute approximate surface area is 97.1 Å². The number of hydrogen-bond acceptors (Lipinski definition) is 4. The first-order valence-corrected chi connectivity index (χ1v) is 6.08. The van der Waals surface area contributed by atoms with Gasteiger partial charge >= 0.3 is 10.3 Å². The van der Waals surface area contributed by atoms with E-state index in [9.17, 15) is 8.42 Å². The predicted octanol–water partition coefficient (Wildman–Crippen LogP) is 1.47. The minimum Gasteiger partial charge on any atom is -0.368 e. The average Bonchev–Trinajstić information content (AvgIpc) is 2.17. The first-order valence-electron chi connectivity index (χ1n) is 4.23. The highest BCUT2D eigenvalue weighted by Crippen LogP contribution is 2.27. The van der Waals surface area contributed by atoms with E-state index in [4.69, 9.17) is 16.7 Å². The number of nitrogens with zero attached hydrogens (tertiary/aromatic N) is 1. The van der Waals surface area contributed by atoms with Crippen molar-refractivity contribution < 1.29 is 12.6 Å². The predicted molar refractivity (Wildman–Crippen MR) is 60.5 cm³/mol. The molecular weight excluding hydrogens is 252 g/mol. The van der Waals surface area contributed by atoms with E-state index in [1.54, 1.807) is 24.3 Å². The fourth-order valence-electron chi connectivity index (χ4n) is 1.26. The second-order valence-corrected chi connectivity index (χ2v) is 4.56. The number of aromatic nitrogens is 1. The molecule has 0 atom stereocenters. The summed E-state index contributed by atoms with van der Waals surface area (Å²) in [7, 11) is -4.09. The summed E-state index contributed by atoms with van der Waals surface area (Å²) in [6.45, 7) is 0. The van der Waals surface area contributed by atoms with Crippen LogP contribution >= 0.6 is 11.6 Å². The van der Waals surface area contributed by atoms with Crippen molar-refractivity contribution in [1.82, 2.24) is 4.98 Å². The zero-order valence-corrected chi connectivity index (χ0v) is 9.49. The third kappa shape index (κ3) is 2.41. The highest BCUT2D eigenvalue weighted by atomic mass is 35.5. The van der Waals surface area contributed by atoms with E-state index >= 15 is 0 Å². The maximum absolute atomic E-state index is 10.8. The molecular formula is C9H7ClN2O3S. The minimum absolute atomic E-state index is 0.0484. The molecule has 0 saturated carbocycles. The normalized spacial score (nSPS) is 11.6. The molecule has 5 nitrogen and oxygen atoms in total. The number of fused-ring (bicyclic) bond motifs is 1. The van der Waals surface area contributed by atoms with Crippen LogP contribution in [0.4, 0.5) is 0 Å². The largest absolute Gasteiger partial charge is 0.380 e. The van der Waals surface area contributed by atoms with Crippen molar-refractivity contribution in [1.29, 1.82) is 0 Å². The summed E-state index contributed by atoms with van der Waals surface area (Å²) in [5.41, 5.74) is 0.647. The highest BCUT2D eigenvalue weighted by molar-refractivity contribution is 7.84. The summed E-state index contributed by atoms with van der Waals surface area (Å²) in [6.07, 6.45) is 0. The molecule has 2 aromatic rings. The lowest BCUT2D eigenvalue weighted by molar-refractivity contribution is 0.487. The molecule has 1 aromatic heterocycles. The topological polar surface area (TPSA) is 82.3 Å². The lowest BCUT2D eigenvalue weighted by atomic mass is 10.2. The Morgan fingerprint density at radius 1 is 1.31 bits per heavy atom. The molecule has 0 saturated heterocycles. The lowest BCUT2D eigenvalue weighted by Crippen LogP contribution is -2.19. The van der Waals surface area contributed by atoms with E-state index in [2.05, 4.69) is 9.17 Å². The van der Waals surface area contributed by atoms with E-state index in [1.165, 1.54) is 6.07 Å². The van der Waals surface area contributed by atoms with Gasteiger partial charge in [-0.25, -0.2) is 4.98 Å². The molecule has 16 heavy (non-hydrogen) atoms. The molecule has 0 fully saturated rings. The van der Waals surface area contributed by atoms with Gasteiger partial charge in [0.1, 0.15) is 0 Å².